The van der Waals surface area contributed by atoms with Crippen molar-refractivity contribution in [2.75, 3.05) is 11.4 Å². The Morgan fingerprint density at radius 3 is 2.89 bits per heavy atom. The summed E-state index contributed by atoms with van der Waals surface area (Å²) in [6.07, 6.45) is 7.95. The van der Waals surface area contributed by atoms with E-state index in [9.17, 15) is 0 Å². The minimum Gasteiger partial charge on any atom is -0.409 e. The fourth-order valence-electron chi connectivity index (χ4n) is 2.58. The second kappa shape index (κ2) is 5.66. The Hall–Kier alpha value is -1.85. The standard InChI is InChI=1S/C12H19N5O/c1-2-17(9-5-3-4-6-9)12-10(11(13)16-18)7-14-8-15-12/h7-9,18H,2-6H2,1H3,(H2,13,16). The molecule has 6 heteroatoms. The lowest BCUT2D eigenvalue weighted by Gasteiger charge is -2.29. The Morgan fingerprint density at radius 2 is 2.28 bits per heavy atom. The van der Waals surface area contributed by atoms with Crippen molar-refractivity contribution in [1.29, 1.82) is 0 Å². The molecule has 0 aliphatic heterocycles. The summed E-state index contributed by atoms with van der Waals surface area (Å²) in [4.78, 5) is 10.5. The normalized spacial score (nSPS) is 17.1. The molecule has 98 valence electrons. The third-order valence-electron chi connectivity index (χ3n) is 3.45. The summed E-state index contributed by atoms with van der Waals surface area (Å²) >= 11 is 0. The van der Waals surface area contributed by atoms with Gasteiger partial charge in [0.1, 0.15) is 12.1 Å². The van der Waals surface area contributed by atoms with Crippen LogP contribution in [-0.2, 0) is 0 Å². The maximum Gasteiger partial charge on any atom is 0.175 e. The van der Waals surface area contributed by atoms with E-state index in [-0.39, 0.29) is 5.84 Å². The average molecular weight is 249 g/mol. The first-order chi connectivity index (χ1) is 8.77. The van der Waals surface area contributed by atoms with E-state index in [2.05, 4.69) is 26.9 Å². The largest absolute Gasteiger partial charge is 0.409 e. The van der Waals surface area contributed by atoms with Gasteiger partial charge in [0.15, 0.2) is 5.84 Å². The van der Waals surface area contributed by atoms with Crippen molar-refractivity contribution >= 4 is 11.7 Å². The highest BCUT2D eigenvalue weighted by Crippen LogP contribution is 2.28. The van der Waals surface area contributed by atoms with E-state index in [0.29, 0.717) is 11.6 Å². The third-order valence-corrected chi connectivity index (χ3v) is 3.45. The van der Waals surface area contributed by atoms with Gasteiger partial charge in [-0.2, -0.15) is 0 Å². The molecule has 0 aromatic carbocycles. The lowest BCUT2D eigenvalue weighted by molar-refractivity contribution is 0.318. The molecule has 1 aromatic heterocycles. The summed E-state index contributed by atoms with van der Waals surface area (Å²) in [5, 5.41) is 11.9. The van der Waals surface area contributed by atoms with E-state index < -0.39 is 0 Å². The molecule has 0 spiro atoms. The highest BCUT2D eigenvalue weighted by molar-refractivity contribution is 6.01. The molecule has 1 fully saturated rings. The Labute approximate surface area is 107 Å². The van der Waals surface area contributed by atoms with Gasteiger partial charge in [-0.1, -0.05) is 18.0 Å². The van der Waals surface area contributed by atoms with Gasteiger partial charge in [0.25, 0.3) is 0 Å². The number of amidine groups is 1. The molecule has 2 rings (SSSR count). The number of oxime groups is 1. The molecule has 0 saturated heterocycles. The molecule has 0 unspecified atom stereocenters. The van der Waals surface area contributed by atoms with Crippen LogP contribution in [0.5, 0.6) is 0 Å². The van der Waals surface area contributed by atoms with Gasteiger partial charge in [0, 0.05) is 18.8 Å². The summed E-state index contributed by atoms with van der Waals surface area (Å²) < 4.78 is 0. The van der Waals surface area contributed by atoms with Gasteiger partial charge in [0.05, 0.1) is 5.56 Å². The third kappa shape index (κ3) is 2.37. The van der Waals surface area contributed by atoms with Crippen LogP contribution in [0.3, 0.4) is 0 Å². The van der Waals surface area contributed by atoms with Gasteiger partial charge in [0.2, 0.25) is 0 Å². The van der Waals surface area contributed by atoms with Crippen LogP contribution in [0.4, 0.5) is 5.82 Å². The molecule has 18 heavy (non-hydrogen) atoms. The first-order valence-corrected chi connectivity index (χ1v) is 6.32. The molecule has 0 radical (unpaired) electrons. The van der Waals surface area contributed by atoms with E-state index in [1.807, 2.05) is 0 Å². The van der Waals surface area contributed by atoms with Gasteiger partial charge >= 0.3 is 0 Å². The van der Waals surface area contributed by atoms with Crippen LogP contribution in [0.15, 0.2) is 17.7 Å². The van der Waals surface area contributed by atoms with Crippen molar-refractivity contribution in [3.05, 3.63) is 18.1 Å². The molecule has 3 N–H and O–H groups in total. The smallest absolute Gasteiger partial charge is 0.175 e. The van der Waals surface area contributed by atoms with Gasteiger partial charge < -0.3 is 15.8 Å². The number of hydrogen-bond acceptors (Lipinski definition) is 5. The molecular formula is C12H19N5O. The van der Waals surface area contributed by atoms with Crippen molar-refractivity contribution in [2.45, 2.75) is 38.6 Å². The minimum absolute atomic E-state index is 0.0575. The molecule has 0 atom stereocenters. The lowest BCUT2D eigenvalue weighted by Crippen LogP contribution is -2.35. The van der Waals surface area contributed by atoms with E-state index in [1.54, 1.807) is 6.20 Å². The number of aromatic nitrogens is 2. The van der Waals surface area contributed by atoms with Crippen molar-refractivity contribution in [1.82, 2.24) is 9.97 Å². The van der Waals surface area contributed by atoms with Crippen LogP contribution in [0.25, 0.3) is 0 Å². The summed E-state index contributed by atoms with van der Waals surface area (Å²) in [5.41, 5.74) is 6.27. The summed E-state index contributed by atoms with van der Waals surface area (Å²) in [6.45, 7) is 2.95. The van der Waals surface area contributed by atoms with Crippen molar-refractivity contribution < 1.29 is 5.21 Å². The molecule has 0 bridgehead atoms. The van der Waals surface area contributed by atoms with Crippen molar-refractivity contribution in [3.63, 3.8) is 0 Å². The zero-order valence-corrected chi connectivity index (χ0v) is 10.6. The van der Waals surface area contributed by atoms with Crippen molar-refractivity contribution in [3.8, 4) is 0 Å². The second-order valence-electron chi connectivity index (χ2n) is 4.47. The predicted octanol–water partition coefficient (Wildman–Crippen LogP) is 1.34. The summed E-state index contributed by atoms with van der Waals surface area (Å²) in [6, 6.07) is 0.496. The van der Waals surface area contributed by atoms with Crippen LogP contribution in [0.1, 0.15) is 38.2 Å². The Balaban J connectivity index is 2.35. The maximum atomic E-state index is 8.82. The minimum atomic E-state index is 0.0575. The Bertz CT molecular complexity index is 428. The average Bonchev–Trinajstić information content (AvgIpc) is 2.93. The monoisotopic (exact) mass is 249 g/mol. The first kappa shape index (κ1) is 12.6. The van der Waals surface area contributed by atoms with Crippen LogP contribution >= 0.6 is 0 Å². The SMILES string of the molecule is CCN(c1ncncc1C(N)=NO)C1CCCC1. The van der Waals surface area contributed by atoms with E-state index in [4.69, 9.17) is 10.9 Å². The lowest BCUT2D eigenvalue weighted by atomic mass is 10.1. The molecule has 6 nitrogen and oxygen atoms in total. The maximum absolute atomic E-state index is 8.82. The number of rotatable bonds is 4. The second-order valence-corrected chi connectivity index (χ2v) is 4.47. The first-order valence-electron chi connectivity index (χ1n) is 6.32. The zero-order chi connectivity index (χ0) is 13.0. The summed E-state index contributed by atoms with van der Waals surface area (Å²) in [5.74, 6) is 0.816. The van der Waals surface area contributed by atoms with Gasteiger partial charge in [-0.25, -0.2) is 9.97 Å². The molecule has 1 aromatic rings. The fourth-order valence-corrected chi connectivity index (χ4v) is 2.58. The Kier molecular flexibility index (Phi) is 3.96. The molecule has 1 saturated carbocycles. The van der Waals surface area contributed by atoms with Crippen molar-refractivity contribution in [2.24, 2.45) is 10.9 Å². The van der Waals surface area contributed by atoms with Gasteiger partial charge in [-0.3, -0.25) is 0 Å². The predicted molar refractivity (Wildman–Crippen MR) is 69.8 cm³/mol. The number of nitrogens with two attached hydrogens (primary N) is 1. The fraction of sp³-hybridized carbons (Fsp3) is 0.583. The molecule has 0 amide bonds. The topological polar surface area (TPSA) is 87.6 Å². The summed E-state index contributed by atoms with van der Waals surface area (Å²) in [7, 11) is 0. The van der Waals surface area contributed by atoms with Crippen LogP contribution in [0, 0.1) is 0 Å². The van der Waals surface area contributed by atoms with Crippen LogP contribution in [0.2, 0.25) is 0 Å². The number of anilines is 1. The highest BCUT2D eigenvalue weighted by atomic mass is 16.4. The van der Waals surface area contributed by atoms with E-state index in [1.165, 1.54) is 32.0 Å². The number of hydrogen-bond donors (Lipinski definition) is 2. The Morgan fingerprint density at radius 1 is 1.56 bits per heavy atom. The molecule has 1 aliphatic rings. The van der Waals surface area contributed by atoms with Gasteiger partial charge in [-0.05, 0) is 19.8 Å². The van der Waals surface area contributed by atoms with Gasteiger partial charge in [-0.15, -0.1) is 0 Å². The highest BCUT2D eigenvalue weighted by Gasteiger charge is 2.25. The quantitative estimate of drug-likeness (QED) is 0.364. The molecule has 1 heterocycles. The number of nitrogens with zero attached hydrogens (tertiary/aromatic N) is 4. The zero-order valence-electron chi connectivity index (χ0n) is 10.6. The molecular weight excluding hydrogens is 230 g/mol. The molecule has 1 aliphatic carbocycles. The van der Waals surface area contributed by atoms with Crippen LogP contribution < -0.4 is 10.6 Å². The van der Waals surface area contributed by atoms with E-state index >= 15 is 0 Å². The van der Waals surface area contributed by atoms with E-state index in [0.717, 1.165) is 12.4 Å². The van der Waals surface area contributed by atoms with Crippen LogP contribution in [-0.4, -0.2) is 33.6 Å².